The number of carbonyl (C=O) groups is 2. The highest BCUT2D eigenvalue weighted by Gasteiger charge is 2.04. The van der Waals surface area contributed by atoms with Gasteiger partial charge in [-0.05, 0) is 30.3 Å². The van der Waals surface area contributed by atoms with Crippen molar-refractivity contribution in [2.45, 2.75) is 4.90 Å². The molecule has 0 aliphatic heterocycles. The van der Waals surface area contributed by atoms with Crippen LogP contribution in [0, 0.1) is 11.8 Å². The van der Waals surface area contributed by atoms with Gasteiger partial charge < -0.3 is 5.73 Å². The van der Waals surface area contributed by atoms with Crippen molar-refractivity contribution >= 4 is 24.3 Å². The van der Waals surface area contributed by atoms with E-state index in [2.05, 4.69) is 18.4 Å². The second kappa shape index (κ2) is 7.30. The predicted octanol–water partition coefficient (Wildman–Crippen LogP) is 3.23. The van der Waals surface area contributed by atoms with E-state index >= 15 is 0 Å². The van der Waals surface area contributed by atoms with Crippen LogP contribution < -0.4 is 5.73 Å². The molecular weight excluding hydrogens is 294 g/mol. The summed E-state index contributed by atoms with van der Waals surface area (Å²) >= 11 is 1.24. The van der Waals surface area contributed by atoms with Gasteiger partial charge in [-0.15, -0.1) is 0 Å². The van der Waals surface area contributed by atoms with E-state index in [9.17, 15) is 9.59 Å². The van der Waals surface area contributed by atoms with Crippen molar-refractivity contribution in [2.75, 3.05) is 0 Å². The number of aldehydes is 2. The first-order chi connectivity index (χ1) is 10.6. The topological polar surface area (TPSA) is 60.2 Å². The van der Waals surface area contributed by atoms with Crippen LogP contribution in [-0.4, -0.2) is 12.6 Å². The van der Waals surface area contributed by atoms with Crippen LogP contribution in [0.2, 0.25) is 0 Å². The maximum Gasteiger partial charge on any atom is 0.151 e. The average molecular weight is 307 g/mol. The van der Waals surface area contributed by atoms with Gasteiger partial charge >= 0.3 is 0 Å². The molecule has 3 nitrogen and oxygen atoms in total. The summed E-state index contributed by atoms with van der Waals surface area (Å²) in [6.07, 6.45) is 1.57. The third-order valence-corrected chi connectivity index (χ3v) is 3.62. The fraction of sp³-hybridized carbons (Fsp3) is 0. The molecule has 4 heteroatoms. The van der Waals surface area contributed by atoms with Crippen molar-refractivity contribution in [2.24, 2.45) is 5.73 Å². The van der Waals surface area contributed by atoms with Crippen molar-refractivity contribution < 1.29 is 9.59 Å². The zero-order chi connectivity index (χ0) is 15.9. The highest BCUT2D eigenvalue weighted by molar-refractivity contribution is 8.03. The van der Waals surface area contributed by atoms with Crippen LogP contribution in [0.5, 0.6) is 0 Å². The summed E-state index contributed by atoms with van der Waals surface area (Å²) in [6, 6.07) is 12.3. The van der Waals surface area contributed by atoms with Gasteiger partial charge in [0.05, 0.1) is 5.03 Å². The summed E-state index contributed by atoms with van der Waals surface area (Å²) < 4.78 is 0. The van der Waals surface area contributed by atoms with Crippen LogP contribution in [0.25, 0.3) is 0 Å². The van der Waals surface area contributed by atoms with Crippen molar-refractivity contribution in [3.8, 4) is 11.8 Å². The Bertz CT molecular complexity index is 783. The SMILES string of the molecule is C=C(N)Sc1cc(C#Cc2ccc(C=O)cc2)ccc1C=O. The summed E-state index contributed by atoms with van der Waals surface area (Å²) in [7, 11) is 0. The van der Waals surface area contributed by atoms with E-state index < -0.39 is 0 Å². The molecule has 108 valence electrons. The van der Waals surface area contributed by atoms with E-state index in [-0.39, 0.29) is 0 Å². The van der Waals surface area contributed by atoms with Gasteiger partial charge in [0, 0.05) is 27.1 Å². The summed E-state index contributed by atoms with van der Waals surface area (Å²) in [5.41, 5.74) is 8.32. The van der Waals surface area contributed by atoms with Gasteiger partial charge in [0.15, 0.2) is 6.29 Å². The second-order valence-corrected chi connectivity index (χ2v) is 5.60. The van der Waals surface area contributed by atoms with Gasteiger partial charge in [-0.25, -0.2) is 0 Å². The van der Waals surface area contributed by atoms with Gasteiger partial charge in [-0.3, -0.25) is 9.59 Å². The summed E-state index contributed by atoms with van der Waals surface area (Å²) in [5.74, 6) is 6.04. The molecule has 0 fully saturated rings. The Hall–Kier alpha value is -2.77. The Morgan fingerprint density at radius 2 is 1.64 bits per heavy atom. The highest BCUT2D eigenvalue weighted by atomic mass is 32.2. The van der Waals surface area contributed by atoms with E-state index in [0.29, 0.717) is 16.2 Å². The fourth-order valence-electron chi connectivity index (χ4n) is 1.73. The van der Waals surface area contributed by atoms with E-state index in [1.54, 1.807) is 42.5 Å². The smallest absolute Gasteiger partial charge is 0.151 e. The molecule has 0 unspecified atom stereocenters. The van der Waals surface area contributed by atoms with Crippen molar-refractivity contribution in [3.63, 3.8) is 0 Å². The number of thioether (sulfide) groups is 1. The molecule has 0 spiro atoms. The molecule has 0 heterocycles. The lowest BCUT2D eigenvalue weighted by Crippen LogP contribution is -1.92. The van der Waals surface area contributed by atoms with Crippen molar-refractivity contribution in [1.82, 2.24) is 0 Å². The molecule has 0 saturated heterocycles. The molecule has 0 aliphatic carbocycles. The van der Waals surface area contributed by atoms with E-state index in [4.69, 9.17) is 5.73 Å². The summed E-state index contributed by atoms with van der Waals surface area (Å²) in [4.78, 5) is 22.3. The van der Waals surface area contributed by atoms with E-state index in [1.165, 1.54) is 11.8 Å². The van der Waals surface area contributed by atoms with E-state index in [1.807, 2.05) is 0 Å². The normalized spacial score (nSPS) is 9.45. The Labute approximate surface area is 133 Å². The lowest BCUT2D eigenvalue weighted by Gasteiger charge is -2.04. The summed E-state index contributed by atoms with van der Waals surface area (Å²) in [5, 5.41) is 0.415. The Kier molecular flexibility index (Phi) is 5.18. The van der Waals surface area contributed by atoms with Crippen LogP contribution in [-0.2, 0) is 0 Å². The minimum Gasteiger partial charge on any atom is -0.394 e. The zero-order valence-electron chi connectivity index (χ0n) is 11.7. The molecule has 0 saturated carbocycles. The first kappa shape index (κ1) is 15.6. The van der Waals surface area contributed by atoms with Crippen LogP contribution in [0.3, 0.4) is 0 Å². The molecule has 2 N–H and O–H groups in total. The fourth-order valence-corrected chi connectivity index (χ4v) is 2.43. The Morgan fingerprint density at radius 3 is 2.23 bits per heavy atom. The lowest BCUT2D eigenvalue weighted by molar-refractivity contribution is 0.111. The van der Waals surface area contributed by atoms with E-state index in [0.717, 1.165) is 28.6 Å². The minimum atomic E-state index is 0.415. The van der Waals surface area contributed by atoms with Gasteiger partial charge in [0.2, 0.25) is 0 Å². The number of carbonyl (C=O) groups excluding carboxylic acids is 2. The number of nitrogens with two attached hydrogens (primary N) is 1. The number of hydrogen-bond donors (Lipinski definition) is 1. The molecule has 2 aromatic rings. The Morgan fingerprint density at radius 1 is 1.00 bits per heavy atom. The first-order valence-corrected chi connectivity index (χ1v) is 7.23. The standard InChI is InChI=1S/C18H13NO2S/c1-13(19)22-18-10-15(8-9-17(18)12-21)5-2-14-3-6-16(11-20)7-4-14/h3-4,6-12H,1,19H2. The van der Waals surface area contributed by atoms with Crippen molar-refractivity contribution in [1.29, 1.82) is 0 Å². The molecule has 0 bridgehead atoms. The predicted molar refractivity (Wildman–Crippen MR) is 88.8 cm³/mol. The first-order valence-electron chi connectivity index (χ1n) is 6.41. The number of benzene rings is 2. The maximum absolute atomic E-state index is 11.0. The van der Waals surface area contributed by atoms with Gasteiger partial charge in [-0.2, -0.15) is 0 Å². The molecule has 0 radical (unpaired) electrons. The lowest BCUT2D eigenvalue weighted by atomic mass is 10.1. The number of rotatable bonds is 4. The van der Waals surface area contributed by atoms with Crippen molar-refractivity contribution in [3.05, 3.63) is 76.3 Å². The third kappa shape index (κ3) is 4.11. The molecule has 22 heavy (non-hydrogen) atoms. The number of hydrogen-bond acceptors (Lipinski definition) is 4. The molecule has 0 atom stereocenters. The quantitative estimate of drug-likeness (QED) is 0.535. The van der Waals surface area contributed by atoms with Gasteiger partial charge in [0.25, 0.3) is 0 Å². The minimum absolute atomic E-state index is 0.415. The average Bonchev–Trinajstić information content (AvgIpc) is 2.53. The molecule has 2 rings (SSSR count). The van der Waals surface area contributed by atoms with Crippen LogP contribution >= 0.6 is 11.8 Å². The van der Waals surface area contributed by atoms with Crippen LogP contribution in [0.1, 0.15) is 31.8 Å². The third-order valence-electron chi connectivity index (χ3n) is 2.78. The van der Waals surface area contributed by atoms with Gasteiger partial charge in [-0.1, -0.05) is 42.3 Å². The molecule has 0 aliphatic rings. The van der Waals surface area contributed by atoms with Gasteiger partial charge in [0.1, 0.15) is 6.29 Å². The largest absolute Gasteiger partial charge is 0.394 e. The molecule has 0 amide bonds. The highest BCUT2D eigenvalue weighted by Crippen LogP contribution is 2.26. The summed E-state index contributed by atoms with van der Waals surface area (Å²) in [6.45, 7) is 3.63. The molecule has 2 aromatic carbocycles. The zero-order valence-corrected chi connectivity index (χ0v) is 12.5. The molecule has 0 aromatic heterocycles. The second-order valence-electron chi connectivity index (χ2n) is 4.43. The Balaban J connectivity index is 2.29. The maximum atomic E-state index is 11.0. The molecular formula is C18H13NO2S. The van der Waals surface area contributed by atoms with Crippen LogP contribution in [0.15, 0.2) is 59.0 Å². The monoisotopic (exact) mass is 307 g/mol. The van der Waals surface area contributed by atoms with Crippen LogP contribution in [0.4, 0.5) is 0 Å².